The third kappa shape index (κ3) is 2.05. The van der Waals surface area contributed by atoms with Crippen LogP contribution in [0.2, 0.25) is 0 Å². The van der Waals surface area contributed by atoms with Crippen LogP contribution in [0.4, 0.5) is 5.69 Å². The zero-order chi connectivity index (χ0) is 13.1. The minimum atomic E-state index is -0.712. The summed E-state index contributed by atoms with van der Waals surface area (Å²) in [6.45, 7) is 0. The molecule has 0 aliphatic rings. The molecule has 2 aromatic rings. The molecule has 1 aromatic heterocycles. The fraction of sp³-hybridized carbons (Fsp3) is 0. The topological polar surface area (TPSA) is 115 Å². The van der Waals surface area contributed by atoms with Gasteiger partial charge in [0.05, 0.1) is 10.6 Å². The average Bonchev–Trinajstić information content (AvgIpc) is 2.39. The molecule has 0 unspecified atom stereocenters. The molecule has 0 saturated heterocycles. The quantitative estimate of drug-likeness (QED) is 0.557. The zero-order valence-electron chi connectivity index (χ0n) is 8.85. The molecule has 0 amide bonds. The van der Waals surface area contributed by atoms with Gasteiger partial charge in [-0.1, -0.05) is 0 Å². The van der Waals surface area contributed by atoms with Crippen molar-refractivity contribution in [3.8, 4) is 11.8 Å². The van der Waals surface area contributed by atoms with Crippen LogP contribution in [-0.2, 0) is 0 Å². The second-order valence-electron chi connectivity index (χ2n) is 3.23. The second kappa shape index (κ2) is 4.42. The third-order valence-electron chi connectivity index (χ3n) is 2.13. The third-order valence-corrected chi connectivity index (χ3v) is 2.13. The van der Waals surface area contributed by atoms with Crippen molar-refractivity contribution in [1.82, 2.24) is 14.8 Å². The lowest BCUT2D eigenvalue weighted by atomic mass is 10.3. The van der Waals surface area contributed by atoms with E-state index < -0.39 is 10.5 Å². The number of nitriles is 1. The highest BCUT2D eigenvalue weighted by atomic mass is 16.6. The van der Waals surface area contributed by atoms with Crippen molar-refractivity contribution in [3.05, 3.63) is 56.8 Å². The number of nitro groups is 1. The Balaban J connectivity index is 2.46. The summed E-state index contributed by atoms with van der Waals surface area (Å²) in [5.41, 5.74) is -0.649. The van der Waals surface area contributed by atoms with Crippen LogP contribution in [0, 0.1) is 21.4 Å². The predicted molar refractivity (Wildman–Crippen MR) is 59.0 cm³/mol. The molecule has 0 aliphatic heterocycles. The largest absolute Gasteiger partial charge is 0.309 e. The van der Waals surface area contributed by atoms with E-state index in [0.717, 1.165) is 6.33 Å². The molecule has 1 heterocycles. The van der Waals surface area contributed by atoms with Crippen LogP contribution in [0.1, 0.15) is 5.69 Å². The molecule has 0 bridgehead atoms. The van der Waals surface area contributed by atoms with Crippen molar-refractivity contribution < 1.29 is 4.92 Å². The number of hydrogen-bond acceptors (Lipinski definition) is 6. The summed E-state index contributed by atoms with van der Waals surface area (Å²) >= 11 is 0. The van der Waals surface area contributed by atoms with Crippen LogP contribution < -0.4 is 5.56 Å². The fourth-order valence-electron chi connectivity index (χ4n) is 1.27. The summed E-state index contributed by atoms with van der Waals surface area (Å²) in [5.74, 6) is 0. The molecular formula is C10H5N5O3. The Morgan fingerprint density at radius 2 is 2.00 bits per heavy atom. The van der Waals surface area contributed by atoms with Crippen LogP contribution in [0.15, 0.2) is 35.4 Å². The Bertz CT molecular complexity index is 699. The Morgan fingerprint density at radius 1 is 1.33 bits per heavy atom. The van der Waals surface area contributed by atoms with Gasteiger partial charge in [-0.15, -0.1) is 5.10 Å². The van der Waals surface area contributed by atoms with Crippen molar-refractivity contribution in [2.75, 3.05) is 0 Å². The highest BCUT2D eigenvalue weighted by Gasteiger charge is 2.07. The number of nitro benzene ring substituents is 1. The maximum absolute atomic E-state index is 11.1. The molecular weight excluding hydrogens is 238 g/mol. The smallest absolute Gasteiger partial charge is 0.264 e. The van der Waals surface area contributed by atoms with Gasteiger partial charge in [0, 0.05) is 12.1 Å². The zero-order valence-corrected chi connectivity index (χ0v) is 8.85. The van der Waals surface area contributed by atoms with E-state index in [-0.39, 0.29) is 11.4 Å². The SMILES string of the molecule is N#Cc1nn(-c2ccc([N+](=O)[O-])cc2)cnc1=O. The lowest BCUT2D eigenvalue weighted by molar-refractivity contribution is -0.384. The lowest BCUT2D eigenvalue weighted by Gasteiger charge is -2.03. The van der Waals surface area contributed by atoms with E-state index in [4.69, 9.17) is 5.26 Å². The van der Waals surface area contributed by atoms with E-state index in [1.54, 1.807) is 6.07 Å². The van der Waals surface area contributed by atoms with E-state index in [1.165, 1.54) is 28.9 Å². The number of nitrogens with zero attached hydrogens (tertiary/aromatic N) is 5. The maximum atomic E-state index is 11.1. The first-order chi connectivity index (χ1) is 8.61. The standard InChI is InChI=1S/C10H5N5O3/c11-5-9-10(16)12-6-14(13-9)7-1-3-8(4-2-7)15(17)18/h1-4,6H. The normalized spacial score (nSPS) is 9.72. The van der Waals surface area contributed by atoms with Crippen LogP contribution >= 0.6 is 0 Å². The van der Waals surface area contributed by atoms with E-state index in [0.29, 0.717) is 5.69 Å². The maximum Gasteiger partial charge on any atom is 0.309 e. The van der Waals surface area contributed by atoms with Crippen LogP contribution in [-0.4, -0.2) is 19.7 Å². The van der Waals surface area contributed by atoms with Gasteiger partial charge in [-0.05, 0) is 12.1 Å². The molecule has 0 saturated carbocycles. The number of benzene rings is 1. The van der Waals surface area contributed by atoms with Gasteiger partial charge in [0.15, 0.2) is 0 Å². The van der Waals surface area contributed by atoms with Crippen molar-refractivity contribution in [2.24, 2.45) is 0 Å². The highest BCUT2D eigenvalue weighted by molar-refractivity contribution is 5.40. The van der Waals surface area contributed by atoms with Crippen molar-refractivity contribution >= 4 is 5.69 Å². The first kappa shape index (κ1) is 11.4. The molecule has 0 N–H and O–H groups in total. The number of hydrogen-bond donors (Lipinski definition) is 0. The molecule has 88 valence electrons. The van der Waals surface area contributed by atoms with Crippen LogP contribution in [0.25, 0.3) is 5.69 Å². The summed E-state index contributed by atoms with van der Waals surface area (Å²) in [7, 11) is 0. The summed E-state index contributed by atoms with van der Waals surface area (Å²) in [5, 5.41) is 22.9. The average molecular weight is 243 g/mol. The molecule has 0 spiro atoms. The first-order valence-corrected chi connectivity index (χ1v) is 4.73. The Morgan fingerprint density at radius 3 is 2.56 bits per heavy atom. The lowest BCUT2D eigenvalue weighted by Crippen LogP contribution is -2.17. The molecule has 8 heteroatoms. The molecule has 0 aliphatic carbocycles. The summed E-state index contributed by atoms with van der Waals surface area (Å²) in [6.07, 6.45) is 1.14. The number of non-ortho nitro benzene ring substituents is 1. The van der Waals surface area contributed by atoms with E-state index >= 15 is 0 Å². The van der Waals surface area contributed by atoms with Gasteiger partial charge in [0.25, 0.3) is 5.69 Å². The molecule has 0 fully saturated rings. The number of rotatable bonds is 2. The van der Waals surface area contributed by atoms with Gasteiger partial charge in [-0.25, -0.2) is 4.68 Å². The Kier molecular flexibility index (Phi) is 2.80. The molecule has 0 radical (unpaired) electrons. The minimum absolute atomic E-state index is 0.0618. The second-order valence-corrected chi connectivity index (χ2v) is 3.23. The molecule has 2 rings (SSSR count). The van der Waals surface area contributed by atoms with Crippen molar-refractivity contribution in [1.29, 1.82) is 5.26 Å². The minimum Gasteiger partial charge on any atom is -0.264 e. The van der Waals surface area contributed by atoms with E-state index in [2.05, 4.69) is 10.1 Å². The van der Waals surface area contributed by atoms with Crippen LogP contribution in [0.3, 0.4) is 0 Å². The molecule has 18 heavy (non-hydrogen) atoms. The predicted octanol–water partition coefficient (Wildman–Crippen LogP) is 0.407. The monoisotopic (exact) mass is 243 g/mol. The molecule has 1 aromatic carbocycles. The fourth-order valence-corrected chi connectivity index (χ4v) is 1.27. The number of aromatic nitrogens is 3. The van der Waals surface area contributed by atoms with Crippen LogP contribution in [0.5, 0.6) is 0 Å². The molecule has 0 atom stereocenters. The van der Waals surface area contributed by atoms with Gasteiger partial charge in [-0.2, -0.15) is 10.2 Å². The van der Waals surface area contributed by atoms with Gasteiger partial charge >= 0.3 is 5.56 Å². The van der Waals surface area contributed by atoms with Gasteiger partial charge in [0.2, 0.25) is 5.69 Å². The molecule has 8 nitrogen and oxygen atoms in total. The van der Waals surface area contributed by atoms with E-state index in [9.17, 15) is 14.9 Å². The van der Waals surface area contributed by atoms with Gasteiger partial charge in [-0.3, -0.25) is 14.9 Å². The van der Waals surface area contributed by atoms with E-state index in [1.807, 2.05) is 0 Å². The van der Waals surface area contributed by atoms with Gasteiger partial charge < -0.3 is 0 Å². The van der Waals surface area contributed by atoms with Gasteiger partial charge in [0.1, 0.15) is 12.4 Å². The summed E-state index contributed by atoms with van der Waals surface area (Å²) < 4.78 is 1.20. The first-order valence-electron chi connectivity index (χ1n) is 4.73. The highest BCUT2D eigenvalue weighted by Crippen LogP contribution is 2.13. The van der Waals surface area contributed by atoms with Crippen molar-refractivity contribution in [2.45, 2.75) is 0 Å². The summed E-state index contributed by atoms with van der Waals surface area (Å²) in [6, 6.07) is 7.09. The summed E-state index contributed by atoms with van der Waals surface area (Å²) in [4.78, 5) is 24.5. The Labute approximate surface area is 99.9 Å². The Hall–Kier alpha value is -3.08. The van der Waals surface area contributed by atoms with Crippen molar-refractivity contribution in [3.63, 3.8) is 0 Å².